The first-order valence-electron chi connectivity index (χ1n) is 8.94. The van der Waals surface area contributed by atoms with E-state index in [-0.39, 0.29) is 24.2 Å². The highest BCUT2D eigenvalue weighted by Crippen LogP contribution is 2.28. The fraction of sp³-hybridized carbons (Fsp3) is 0.500. The van der Waals surface area contributed by atoms with Crippen LogP contribution in [0.1, 0.15) is 19.3 Å². The van der Waals surface area contributed by atoms with Gasteiger partial charge < -0.3 is 14.5 Å². The first kappa shape index (κ1) is 18.8. The van der Waals surface area contributed by atoms with E-state index in [9.17, 15) is 9.59 Å². The molecule has 0 spiro atoms. The van der Waals surface area contributed by atoms with Crippen LogP contribution in [-0.4, -0.2) is 49.6 Å². The Hall–Kier alpha value is -2.03. The van der Waals surface area contributed by atoms with E-state index in [0.29, 0.717) is 43.8 Å². The summed E-state index contributed by atoms with van der Waals surface area (Å²) in [5, 5.41) is 0.627. The molecule has 1 atom stereocenters. The van der Waals surface area contributed by atoms with Gasteiger partial charge in [-0.15, -0.1) is 6.42 Å². The van der Waals surface area contributed by atoms with Crippen molar-refractivity contribution in [1.29, 1.82) is 0 Å². The third-order valence-corrected chi connectivity index (χ3v) is 5.33. The second kappa shape index (κ2) is 8.57. The molecular weight excluding hydrogens is 352 g/mol. The molecule has 0 bridgehead atoms. The number of hydrogen-bond donors (Lipinski definition) is 0. The molecule has 26 heavy (non-hydrogen) atoms. The van der Waals surface area contributed by atoms with Crippen LogP contribution in [0.4, 0.5) is 5.69 Å². The SMILES string of the molecule is C#CCOCC1CCN(C(=O)C2CC(=O)N(c3ccc(Cl)cc3)C2)CC1. The van der Waals surface area contributed by atoms with Gasteiger partial charge in [-0.3, -0.25) is 9.59 Å². The Labute approximate surface area is 159 Å². The quantitative estimate of drug-likeness (QED) is 0.588. The largest absolute Gasteiger partial charge is 0.369 e. The second-order valence-corrected chi connectivity index (χ2v) is 7.31. The maximum Gasteiger partial charge on any atom is 0.228 e. The third-order valence-electron chi connectivity index (χ3n) is 5.08. The monoisotopic (exact) mass is 374 g/mol. The zero-order chi connectivity index (χ0) is 18.5. The fourth-order valence-corrected chi connectivity index (χ4v) is 3.73. The summed E-state index contributed by atoms with van der Waals surface area (Å²) >= 11 is 5.90. The van der Waals surface area contributed by atoms with E-state index in [1.807, 2.05) is 17.0 Å². The highest BCUT2D eigenvalue weighted by atomic mass is 35.5. The van der Waals surface area contributed by atoms with Crippen molar-refractivity contribution < 1.29 is 14.3 Å². The van der Waals surface area contributed by atoms with E-state index in [4.69, 9.17) is 22.8 Å². The van der Waals surface area contributed by atoms with Gasteiger partial charge in [0.2, 0.25) is 11.8 Å². The van der Waals surface area contributed by atoms with Gasteiger partial charge in [-0.05, 0) is 43.0 Å². The highest BCUT2D eigenvalue weighted by Gasteiger charge is 2.38. The molecule has 0 radical (unpaired) electrons. The number of ether oxygens (including phenoxy) is 1. The van der Waals surface area contributed by atoms with Crippen LogP contribution in [0.5, 0.6) is 0 Å². The van der Waals surface area contributed by atoms with E-state index < -0.39 is 0 Å². The van der Waals surface area contributed by atoms with Gasteiger partial charge in [0.05, 0.1) is 12.5 Å². The Kier molecular flexibility index (Phi) is 6.18. The number of rotatable bonds is 5. The molecule has 2 saturated heterocycles. The van der Waals surface area contributed by atoms with Gasteiger partial charge in [-0.1, -0.05) is 17.5 Å². The zero-order valence-corrected chi connectivity index (χ0v) is 15.5. The topological polar surface area (TPSA) is 49.9 Å². The molecule has 0 aromatic heterocycles. The number of nitrogens with zero attached hydrogens (tertiary/aromatic N) is 2. The number of carbonyl (C=O) groups is 2. The van der Waals surface area contributed by atoms with Crippen LogP contribution in [0.3, 0.4) is 0 Å². The molecule has 2 heterocycles. The van der Waals surface area contributed by atoms with Gasteiger partial charge in [0, 0.05) is 36.8 Å². The lowest BCUT2D eigenvalue weighted by Crippen LogP contribution is -2.43. The van der Waals surface area contributed by atoms with Crippen molar-refractivity contribution in [3.8, 4) is 12.3 Å². The lowest BCUT2D eigenvalue weighted by molar-refractivity contribution is -0.137. The molecule has 0 aliphatic carbocycles. The van der Waals surface area contributed by atoms with E-state index >= 15 is 0 Å². The molecule has 2 fully saturated rings. The van der Waals surface area contributed by atoms with E-state index in [2.05, 4.69) is 5.92 Å². The molecule has 0 saturated carbocycles. The van der Waals surface area contributed by atoms with Gasteiger partial charge >= 0.3 is 0 Å². The minimum Gasteiger partial charge on any atom is -0.369 e. The molecule has 2 aliphatic rings. The van der Waals surface area contributed by atoms with Gasteiger partial charge in [0.15, 0.2) is 0 Å². The fourth-order valence-electron chi connectivity index (χ4n) is 3.61. The second-order valence-electron chi connectivity index (χ2n) is 6.87. The first-order chi connectivity index (χ1) is 12.6. The first-order valence-corrected chi connectivity index (χ1v) is 9.32. The van der Waals surface area contributed by atoms with E-state index in [1.54, 1.807) is 17.0 Å². The minimum atomic E-state index is -0.271. The van der Waals surface area contributed by atoms with Crippen molar-refractivity contribution in [3.63, 3.8) is 0 Å². The van der Waals surface area contributed by atoms with Crippen LogP contribution >= 0.6 is 11.6 Å². The maximum absolute atomic E-state index is 12.8. The summed E-state index contributed by atoms with van der Waals surface area (Å²) < 4.78 is 5.40. The summed E-state index contributed by atoms with van der Waals surface area (Å²) in [4.78, 5) is 28.7. The smallest absolute Gasteiger partial charge is 0.228 e. The number of terminal acetylenes is 1. The predicted molar refractivity (Wildman–Crippen MR) is 101 cm³/mol. The highest BCUT2D eigenvalue weighted by molar-refractivity contribution is 6.30. The van der Waals surface area contributed by atoms with Gasteiger partial charge in [-0.25, -0.2) is 0 Å². The maximum atomic E-state index is 12.8. The number of carbonyl (C=O) groups excluding carboxylic acids is 2. The normalized spacial score (nSPS) is 21.1. The van der Waals surface area contributed by atoms with E-state index in [0.717, 1.165) is 18.5 Å². The summed E-state index contributed by atoms with van der Waals surface area (Å²) in [6.07, 6.45) is 7.28. The van der Waals surface area contributed by atoms with Crippen molar-refractivity contribution in [2.45, 2.75) is 19.3 Å². The summed E-state index contributed by atoms with van der Waals surface area (Å²) in [5.74, 6) is 2.71. The van der Waals surface area contributed by atoms with Crippen LogP contribution in [-0.2, 0) is 14.3 Å². The summed E-state index contributed by atoms with van der Waals surface area (Å²) in [5.41, 5.74) is 0.791. The van der Waals surface area contributed by atoms with Gasteiger partial charge in [0.25, 0.3) is 0 Å². The van der Waals surface area contributed by atoms with Gasteiger partial charge in [0.1, 0.15) is 6.61 Å². The van der Waals surface area contributed by atoms with Crippen LogP contribution in [0.2, 0.25) is 5.02 Å². The molecule has 2 amide bonds. The van der Waals surface area contributed by atoms with Crippen molar-refractivity contribution in [1.82, 2.24) is 4.90 Å². The molecular formula is C20H23ClN2O3. The number of anilines is 1. The Morgan fingerprint density at radius 1 is 1.27 bits per heavy atom. The Morgan fingerprint density at radius 3 is 2.62 bits per heavy atom. The molecule has 1 unspecified atom stereocenters. The number of piperidine rings is 1. The van der Waals surface area contributed by atoms with Crippen LogP contribution in [0.15, 0.2) is 24.3 Å². The molecule has 2 aliphatic heterocycles. The lowest BCUT2D eigenvalue weighted by Gasteiger charge is -2.33. The average Bonchev–Trinajstić information content (AvgIpc) is 3.04. The number of likely N-dealkylation sites (tertiary alicyclic amines) is 1. The number of halogens is 1. The predicted octanol–water partition coefficient (Wildman–Crippen LogP) is 2.58. The standard InChI is InChI=1S/C20H23ClN2O3/c1-2-11-26-14-15-7-9-22(10-8-15)20(25)16-12-19(24)23(13-16)18-5-3-17(21)4-6-18/h1,3-6,15-16H,7-14H2. The van der Waals surface area contributed by atoms with Crippen LogP contribution < -0.4 is 4.90 Å². The molecule has 1 aromatic rings. The molecule has 5 nitrogen and oxygen atoms in total. The molecule has 138 valence electrons. The van der Waals surface area contributed by atoms with Gasteiger partial charge in [-0.2, -0.15) is 0 Å². The number of benzene rings is 1. The summed E-state index contributed by atoms with van der Waals surface area (Å²) in [6.45, 7) is 2.86. The summed E-state index contributed by atoms with van der Waals surface area (Å²) in [6, 6.07) is 7.14. The van der Waals surface area contributed by atoms with Crippen molar-refractivity contribution in [3.05, 3.63) is 29.3 Å². The lowest BCUT2D eigenvalue weighted by atomic mass is 9.96. The Bertz CT molecular complexity index is 690. The van der Waals surface area contributed by atoms with Crippen LogP contribution in [0.25, 0.3) is 0 Å². The summed E-state index contributed by atoms with van der Waals surface area (Å²) in [7, 11) is 0. The zero-order valence-electron chi connectivity index (χ0n) is 14.7. The molecule has 6 heteroatoms. The third kappa shape index (κ3) is 4.38. The Balaban J connectivity index is 1.52. The van der Waals surface area contributed by atoms with Crippen molar-refractivity contribution in [2.75, 3.05) is 37.7 Å². The number of amides is 2. The Morgan fingerprint density at radius 2 is 1.96 bits per heavy atom. The minimum absolute atomic E-state index is 0.0109. The molecule has 3 rings (SSSR count). The average molecular weight is 375 g/mol. The molecule has 1 aromatic carbocycles. The van der Waals surface area contributed by atoms with E-state index in [1.165, 1.54) is 0 Å². The molecule has 0 N–H and O–H groups in total. The van der Waals surface area contributed by atoms with Crippen molar-refractivity contribution >= 4 is 29.1 Å². The van der Waals surface area contributed by atoms with Crippen molar-refractivity contribution in [2.24, 2.45) is 11.8 Å². The van der Waals surface area contributed by atoms with Crippen LogP contribution in [0, 0.1) is 24.2 Å². The number of hydrogen-bond acceptors (Lipinski definition) is 3.